The molecule has 5 rings (SSSR count). The monoisotopic (exact) mass is 1110 g/mol. The molecule has 0 bridgehead atoms. The Balaban J connectivity index is 1.41. The molecule has 1 heterocycles. The summed E-state index contributed by atoms with van der Waals surface area (Å²) in [6.45, 7) is 21.1. The molecule has 21 heteroatoms. The van der Waals surface area contributed by atoms with Gasteiger partial charge in [-0.2, -0.15) is 0 Å². The third kappa shape index (κ3) is 17.3. The van der Waals surface area contributed by atoms with E-state index in [4.69, 9.17) is 70.5 Å². The standard InChI is InChI=1S/C56H77N4O15PS/c1-35(2)60(36(3)4)76(71-31-29-57-9)75-51-41(33-70-56(42-18-14-13-15-19-42,43-21-25-45(65-10)26-22-43)44-23-27-46(66-11)28-24-44)32-47(52(51)67-12)59-49(77)20-16-17-30-68-55-50(58-37(5)61)54(73-40(8)64)53(72-39(7)63)48(74-55)34-69-38(6)62/h13-15,18-19,21-28,35-36,41,47-48,50-55H,16-17,20,29-34H2,1-8,10-12H3,(H,58,61)(H,59,77)/t41-,47-,48-,50-,51?,52-,53+,54-,55-,76?/m1/s1. The molecular weight excluding hydrogens is 1030 g/mol. The molecule has 2 aliphatic rings. The molecular formula is C56H77N4O15PS. The Bertz CT molecular complexity index is 2340. The average molecular weight is 1110 g/mol. The normalized spacial score (nSPS) is 22.7. The van der Waals surface area contributed by atoms with E-state index in [9.17, 15) is 19.2 Å². The molecule has 0 aromatic heterocycles. The van der Waals surface area contributed by atoms with E-state index in [2.05, 4.69) is 60.0 Å². The van der Waals surface area contributed by atoms with Crippen LogP contribution in [0.1, 0.15) is 97.8 Å². The summed E-state index contributed by atoms with van der Waals surface area (Å²) < 4.78 is 69.7. The molecule has 1 saturated carbocycles. The van der Waals surface area contributed by atoms with E-state index >= 15 is 0 Å². The van der Waals surface area contributed by atoms with E-state index in [0.717, 1.165) is 16.7 Å². The van der Waals surface area contributed by atoms with Crippen LogP contribution in [0.3, 0.4) is 0 Å². The summed E-state index contributed by atoms with van der Waals surface area (Å²) in [5.74, 6) is -1.37. The van der Waals surface area contributed by atoms with Crippen molar-refractivity contribution in [3.8, 4) is 11.5 Å². The van der Waals surface area contributed by atoms with Crippen LogP contribution in [-0.2, 0) is 67.0 Å². The number of nitrogens with zero attached hydrogens (tertiary/aromatic N) is 2. The summed E-state index contributed by atoms with van der Waals surface area (Å²) in [6.07, 6.45) is -3.79. The highest BCUT2D eigenvalue weighted by Gasteiger charge is 2.52. The van der Waals surface area contributed by atoms with Crippen LogP contribution in [-0.4, -0.2) is 149 Å². The highest BCUT2D eigenvalue weighted by Crippen LogP contribution is 2.51. The fourth-order valence-corrected chi connectivity index (χ4v) is 11.9. The molecule has 1 aliphatic heterocycles. The number of methoxy groups -OCH3 is 3. The Morgan fingerprint density at radius 3 is 1.86 bits per heavy atom. The Morgan fingerprint density at radius 1 is 0.753 bits per heavy atom. The molecule has 422 valence electrons. The number of amides is 1. The number of rotatable bonds is 29. The van der Waals surface area contributed by atoms with Crippen molar-refractivity contribution < 1.29 is 70.9 Å². The van der Waals surface area contributed by atoms with E-state index in [-0.39, 0.29) is 57.0 Å². The molecule has 2 N–H and O–H groups in total. The molecule has 1 aliphatic carbocycles. The number of unbranched alkanes of at least 4 members (excludes halogenated alkanes) is 1. The van der Waals surface area contributed by atoms with Gasteiger partial charge in [-0.25, -0.2) is 11.2 Å². The van der Waals surface area contributed by atoms with Crippen LogP contribution in [0.25, 0.3) is 4.85 Å². The topological polar surface area (TPSA) is 201 Å². The first-order chi connectivity index (χ1) is 36.9. The number of ether oxygens (including phenoxy) is 9. The second kappa shape index (κ2) is 30.7. The summed E-state index contributed by atoms with van der Waals surface area (Å²) in [4.78, 5) is 53.0. The molecule has 77 heavy (non-hydrogen) atoms. The van der Waals surface area contributed by atoms with Gasteiger partial charge < -0.3 is 67.2 Å². The Hall–Kier alpha value is -5.33. The number of carbonyl (C=O) groups excluding carboxylic acids is 4. The van der Waals surface area contributed by atoms with Crippen molar-refractivity contribution >= 4 is 49.5 Å². The van der Waals surface area contributed by atoms with Crippen molar-refractivity contribution in [2.24, 2.45) is 5.92 Å². The van der Waals surface area contributed by atoms with Crippen molar-refractivity contribution in [1.29, 1.82) is 0 Å². The summed E-state index contributed by atoms with van der Waals surface area (Å²) in [5, 5.41) is 6.34. The predicted molar refractivity (Wildman–Crippen MR) is 292 cm³/mol. The zero-order valence-corrected chi connectivity index (χ0v) is 47.8. The van der Waals surface area contributed by atoms with E-state index in [1.165, 1.54) is 27.7 Å². The maximum absolute atomic E-state index is 12.5. The van der Waals surface area contributed by atoms with Crippen LogP contribution in [0, 0.1) is 12.5 Å². The molecule has 3 aromatic carbocycles. The number of hydrogen-bond donors (Lipinski definition) is 2. The van der Waals surface area contributed by atoms with Gasteiger partial charge in [0.2, 0.25) is 12.5 Å². The number of esters is 3. The minimum atomic E-state index is -1.71. The second-order valence-corrected chi connectivity index (χ2v) is 21.2. The number of benzene rings is 3. The Kier molecular flexibility index (Phi) is 24.9. The van der Waals surface area contributed by atoms with Crippen LogP contribution >= 0.6 is 20.7 Å². The minimum absolute atomic E-state index is 0.0450. The average Bonchev–Trinajstić information content (AvgIpc) is 3.74. The fraction of sp³-hybridized carbons (Fsp3) is 0.571. The lowest BCUT2D eigenvalue weighted by Gasteiger charge is -2.44. The van der Waals surface area contributed by atoms with Crippen molar-refractivity contribution in [2.75, 3.05) is 54.3 Å². The number of hydrogen-bond acceptors (Lipinski definition) is 17. The number of nitrogens with one attached hydrogen (secondary N) is 2. The van der Waals surface area contributed by atoms with Crippen molar-refractivity contribution in [3.63, 3.8) is 0 Å². The van der Waals surface area contributed by atoms with Crippen LogP contribution in [0.2, 0.25) is 0 Å². The molecule has 0 radical (unpaired) electrons. The first-order valence-electron chi connectivity index (χ1n) is 25.9. The smallest absolute Gasteiger partial charge is 0.303 e. The molecule has 0 spiro atoms. The van der Waals surface area contributed by atoms with Gasteiger partial charge in [-0.15, -0.1) is 0 Å². The van der Waals surface area contributed by atoms with Crippen LogP contribution < -0.4 is 20.1 Å². The zero-order chi connectivity index (χ0) is 56.2. The molecule has 2 fully saturated rings. The van der Waals surface area contributed by atoms with E-state index < -0.39 is 80.8 Å². The third-order valence-electron chi connectivity index (χ3n) is 13.1. The summed E-state index contributed by atoms with van der Waals surface area (Å²) >= 11 is 6.04. The summed E-state index contributed by atoms with van der Waals surface area (Å²) in [5.41, 5.74) is 1.54. The van der Waals surface area contributed by atoms with Gasteiger partial charge in [0, 0.05) is 59.4 Å². The van der Waals surface area contributed by atoms with Gasteiger partial charge in [-0.1, -0.05) is 66.8 Å². The fourth-order valence-electron chi connectivity index (χ4n) is 9.84. The first kappa shape index (κ1) is 62.5. The predicted octanol–water partition coefficient (Wildman–Crippen LogP) is 7.84. The molecule has 3 aromatic rings. The lowest BCUT2D eigenvalue weighted by atomic mass is 9.79. The maximum atomic E-state index is 12.5. The SMILES string of the molecule is [C-]#[N+]CCOP(OC1[C@@H](COC(c2ccccc2)(c2ccc(OC)cc2)c2ccc(OC)cc2)C[C@@H](NC(=S)CCCCO[C@@H]2O[C@H](COC(C)=O)[C@H](OC(C)=O)[C@H](OC(C)=O)[C@H]2NC(C)=O)[C@H]1OC)N(C(C)C)C(C)C. The van der Waals surface area contributed by atoms with Gasteiger partial charge in [0.25, 0.3) is 8.53 Å². The molecule has 1 amide bonds. The van der Waals surface area contributed by atoms with Crippen LogP contribution in [0.4, 0.5) is 0 Å². The summed E-state index contributed by atoms with van der Waals surface area (Å²) in [7, 11) is 3.22. The largest absolute Gasteiger partial charge is 0.497 e. The molecule has 2 unspecified atom stereocenters. The zero-order valence-electron chi connectivity index (χ0n) is 46.1. The van der Waals surface area contributed by atoms with Crippen molar-refractivity contribution in [3.05, 3.63) is 107 Å². The number of carbonyl (C=O) groups is 4. The Labute approximate surface area is 460 Å². The highest BCUT2D eigenvalue weighted by molar-refractivity contribution is 7.80. The first-order valence-corrected chi connectivity index (χ1v) is 27.4. The second-order valence-electron chi connectivity index (χ2n) is 19.3. The van der Waals surface area contributed by atoms with Gasteiger partial charge in [0.1, 0.15) is 48.6 Å². The van der Waals surface area contributed by atoms with Crippen molar-refractivity contribution in [2.45, 2.75) is 148 Å². The molecule has 10 atom stereocenters. The summed E-state index contributed by atoms with van der Waals surface area (Å²) in [6, 6.07) is 24.5. The quantitative estimate of drug-likeness (QED) is 0.0129. The van der Waals surface area contributed by atoms with E-state index in [1.54, 1.807) is 21.3 Å². The Morgan fingerprint density at radius 2 is 1.34 bits per heavy atom. The van der Waals surface area contributed by atoms with Crippen LogP contribution in [0.15, 0.2) is 78.9 Å². The molecule has 19 nitrogen and oxygen atoms in total. The third-order valence-corrected chi connectivity index (χ3v) is 15.5. The van der Waals surface area contributed by atoms with Crippen LogP contribution in [0.5, 0.6) is 11.5 Å². The maximum Gasteiger partial charge on any atom is 0.303 e. The van der Waals surface area contributed by atoms with Gasteiger partial charge in [0.15, 0.2) is 18.5 Å². The van der Waals surface area contributed by atoms with Gasteiger partial charge in [-0.3, -0.25) is 19.2 Å². The van der Waals surface area contributed by atoms with Crippen molar-refractivity contribution in [1.82, 2.24) is 15.3 Å². The van der Waals surface area contributed by atoms with Gasteiger partial charge in [-0.05, 0) is 94.3 Å². The lowest BCUT2D eigenvalue weighted by Crippen LogP contribution is -2.66. The van der Waals surface area contributed by atoms with E-state index in [0.29, 0.717) is 42.2 Å². The van der Waals surface area contributed by atoms with E-state index in [1.807, 2.05) is 66.7 Å². The molecule has 1 saturated heterocycles. The minimum Gasteiger partial charge on any atom is -0.497 e. The lowest BCUT2D eigenvalue weighted by molar-refractivity contribution is -0.277. The van der Waals surface area contributed by atoms with Gasteiger partial charge in [0.05, 0.1) is 38.0 Å². The van der Waals surface area contributed by atoms with Gasteiger partial charge >= 0.3 is 17.9 Å². The highest BCUT2D eigenvalue weighted by atomic mass is 32.1. The number of thiocarbonyl (C=S) groups is 1.